The largest absolute Gasteiger partial charge is 0.286 e. The number of rotatable bonds is 0. The molecule has 1 heterocycles. The van der Waals surface area contributed by atoms with Gasteiger partial charge in [-0.2, -0.15) is 0 Å². The van der Waals surface area contributed by atoms with Crippen molar-refractivity contribution in [2.45, 2.75) is 20.8 Å². The fourth-order valence-corrected chi connectivity index (χ4v) is 0.473. The molecule has 1 heteroatoms. The molecule has 0 radical (unpaired) electrons. The van der Waals surface area contributed by atoms with Crippen molar-refractivity contribution >= 4 is 5.71 Å². The van der Waals surface area contributed by atoms with Crippen LogP contribution in [0.4, 0.5) is 0 Å². The van der Waals surface area contributed by atoms with Crippen LogP contribution in [0.2, 0.25) is 0 Å². The predicted octanol–water partition coefficient (Wildman–Crippen LogP) is 2.04. The van der Waals surface area contributed by atoms with Gasteiger partial charge in [0.15, 0.2) is 0 Å². The topological polar surface area (TPSA) is 12.4 Å². The Hall–Kier alpha value is -0.590. The van der Waals surface area contributed by atoms with E-state index in [1.807, 2.05) is 26.8 Å². The Balaban J connectivity index is 0.000000222. The van der Waals surface area contributed by atoms with Crippen LogP contribution in [0.5, 0.6) is 0 Å². The molecule has 0 aliphatic carbocycles. The van der Waals surface area contributed by atoms with E-state index in [4.69, 9.17) is 0 Å². The van der Waals surface area contributed by atoms with Gasteiger partial charge >= 0.3 is 0 Å². The quantitative estimate of drug-likeness (QED) is 0.453. The van der Waals surface area contributed by atoms with E-state index in [2.05, 4.69) is 11.1 Å². The lowest BCUT2D eigenvalue weighted by Gasteiger charge is -1.72. The third-order valence-corrected chi connectivity index (χ3v) is 0.805. The highest BCUT2D eigenvalue weighted by Crippen LogP contribution is 1.89. The predicted molar refractivity (Wildman–Crippen MR) is 38.5 cm³/mol. The van der Waals surface area contributed by atoms with Crippen molar-refractivity contribution in [2.75, 3.05) is 6.54 Å². The Bertz CT molecular complexity index is 98.2. The van der Waals surface area contributed by atoms with Crippen LogP contribution in [0.3, 0.4) is 0 Å². The number of hydrogen-bond acceptors (Lipinski definition) is 1. The molecule has 1 rings (SSSR count). The number of allylic oxidation sites excluding steroid dienone is 1. The Morgan fingerprint density at radius 2 is 2.12 bits per heavy atom. The molecular formula is C7H13N. The summed E-state index contributed by atoms with van der Waals surface area (Å²) in [6.07, 6.45) is 4.08. The molecule has 0 aromatic heterocycles. The number of hydrogen-bond donors (Lipinski definition) is 0. The average molecular weight is 111 g/mol. The molecule has 0 spiro atoms. The second kappa shape index (κ2) is 4.57. The molecular weight excluding hydrogens is 98.1 g/mol. The molecule has 0 aromatic rings. The Morgan fingerprint density at radius 1 is 1.50 bits per heavy atom. The van der Waals surface area contributed by atoms with Crippen LogP contribution in [-0.2, 0) is 0 Å². The first-order chi connectivity index (χ1) is 3.89. The van der Waals surface area contributed by atoms with E-state index in [0.29, 0.717) is 0 Å². The van der Waals surface area contributed by atoms with E-state index in [1.165, 1.54) is 0 Å². The van der Waals surface area contributed by atoms with E-state index < -0.39 is 0 Å². The summed E-state index contributed by atoms with van der Waals surface area (Å²) in [7, 11) is 0. The van der Waals surface area contributed by atoms with E-state index in [-0.39, 0.29) is 0 Å². The van der Waals surface area contributed by atoms with Crippen LogP contribution in [0, 0.1) is 0 Å². The van der Waals surface area contributed by atoms with E-state index >= 15 is 0 Å². The highest BCUT2D eigenvalue weighted by Gasteiger charge is 1.85. The molecule has 0 N–H and O–H groups in total. The van der Waals surface area contributed by atoms with Gasteiger partial charge in [0.25, 0.3) is 0 Å². The molecule has 0 bridgehead atoms. The maximum Gasteiger partial charge on any atom is 0.0577 e. The normalized spacial score (nSPS) is 14.6. The first-order valence-corrected chi connectivity index (χ1v) is 3.07. The summed E-state index contributed by atoms with van der Waals surface area (Å²) in [5.74, 6) is 0. The van der Waals surface area contributed by atoms with Crippen LogP contribution >= 0.6 is 0 Å². The van der Waals surface area contributed by atoms with Crippen LogP contribution in [0.25, 0.3) is 0 Å². The molecule has 0 saturated heterocycles. The maximum atomic E-state index is 4.04. The SMILES string of the molecule is CC.CC1=NCC=C1. The van der Waals surface area contributed by atoms with Gasteiger partial charge in [-0.25, -0.2) is 0 Å². The molecule has 46 valence electrons. The van der Waals surface area contributed by atoms with Gasteiger partial charge in [-0.1, -0.05) is 19.9 Å². The van der Waals surface area contributed by atoms with E-state index in [0.717, 1.165) is 12.3 Å². The third kappa shape index (κ3) is 2.56. The first kappa shape index (κ1) is 7.41. The third-order valence-electron chi connectivity index (χ3n) is 0.805. The van der Waals surface area contributed by atoms with E-state index in [1.54, 1.807) is 0 Å². The Morgan fingerprint density at radius 3 is 2.25 bits per heavy atom. The van der Waals surface area contributed by atoms with Gasteiger partial charge in [-0.3, -0.25) is 4.99 Å². The summed E-state index contributed by atoms with van der Waals surface area (Å²) in [6, 6.07) is 0. The minimum Gasteiger partial charge on any atom is -0.286 e. The zero-order chi connectivity index (χ0) is 6.41. The Labute approximate surface area is 51.1 Å². The summed E-state index contributed by atoms with van der Waals surface area (Å²) in [5.41, 5.74) is 1.15. The minimum absolute atomic E-state index is 0.895. The average Bonchev–Trinajstić information content (AvgIpc) is 2.24. The summed E-state index contributed by atoms with van der Waals surface area (Å²) in [4.78, 5) is 4.04. The van der Waals surface area contributed by atoms with Gasteiger partial charge in [-0.05, 0) is 13.0 Å². The molecule has 0 unspecified atom stereocenters. The first-order valence-electron chi connectivity index (χ1n) is 3.07. The summed E-state index contributed by atoms with van der Waals surface area (Å²) >= 11 is 0. The highest BCUT2D eigenvalue weighted by atomic mass is 14.7. The number of nitrogens with zero attached hydrogens (tertiary/aromatic N) is 1. The minimum atomic E-state index is 0.895. The lowest BCUT2D eigenvalue weighted by atomic mass is 10.4. The van der Waals surface area contributed by atoms with Crippen molar-refractivity contribution < 1.29 is 0 Å². The van der Waals surface area contributed by atoms with Crippen molar-refractivity contribution in [2.24, 2.45) is 4.99 Å². The van der Waals surface area contributed by atoms with Crippen molar-refractivity contribution in [3.63, 3.8) is 0 Å². The molecule has 0 aromatic carbocycles. The molecule has 8 heavy (non-hydrogen) atoms. The van der Waals surface area contributed by atoms with Gasteiger partial charge in [0, 0.05) is 5.71 Å². The van der Waals surface area contributed by atoms with Gasteiger partial charge < -0.3 is 0 Å². The van der Waals surface area contributed by atoms with Crippen molar-refractivity contribution in [1.29, 1.82) is 0 Å². The van der Waals surface area contributed by atoms with Crippen molar-refractivity contribution in [3.05, 3.63) is 12.2 Å². The van der Waals surface area contributed by atoms with Gasteiger partial charge in [0.1, 0.15) is 0 Å². The zero-order valence-electron chi connectivity index (χ0n) is 5.81. The molecule has 0 fully saturated rings. The standard InChI is InChI=1S/C5H7N.C2H6/c1-5-3-2-4-6-5;1-2/h2-3H,4H2,1H3;1-2H3. The molecule has 1 aliphatic rings. The van der Waals surface area contributed by atoms with Crippen LogP contribution in [0.1, 0.15) is 20.8 Å². The fraction of sp³-hybridized carbons (Fsp3) is 0.571. The Kier molecular flexibility index (Phi) is 4.23. The smallest absolute Gasteiger partial charge is 0.0577 e. The van der Waals surface area contributed by atoms with Crippen LogP contribution in [0.15, 0.2) is 17.1 Å². The summed E-state index contributed by atoms with van der Waals surface area (Å²) in [6.45, 7) is 6.90. The zero-order valence-corrected chi connectivity index (χ0v) is 5.81. The lowest BCUT2D eigenvalue weighted by molar-refractivity contribution is 1.28. The number of aliphatic imine (C=N–C) groups is 1. The molecule has 0 amide bonds. The monoisotopic (exact) mass is 111 g/mol. The van der Waals surface area contributed by atoms with Gasteiger partial charge in [0.2, 0.25) is 0 Å². The van der Waals surface area contributed by atoms with Crippen molar-refractivity contribution in [3.8, 4) is 0 Å². The molecule has 1 nitrogen and oxygen atoms in total. The summed E-state index contributed by atoms with van der Waals surface area (Å²) in [5, 5.41) is 0. The van der Waals surface area contributed by atoms with Crippen LogP contribution < -0.4 is 0 Å². The maximum absolute atomic E-state index is 4.04. The van der Waals surface area contributed by atoms with Crippen molar-refractivity contribution in [1.82, 2.24) is 0 Å². The van der Waals surface area contributed by atoms with E-state index in [9.17, 15) is 0 Å². The van der Waals surface area contributed by atoms with Gasteiger partial charge in [-0.15, -0.1) is 0 Å². The van der Waals surface area contributed by atoms with Gasteiger partial charge in [0.05, 0.1) is 6.54 Å². The second-order valence-corrected chi connectivity index (χ2v) is 1.38. The van der Waals surface area contributed by atoms with Crippen LogP contribution in [-0.4, -0.2) is 12.3 Å². The fourth-order valence-electron chi connectivity index (χ4n) is 0.473. The molecule has 1 aliphatic heterocycles. The lowest BCUT2D eigenvalue weighted by Crippen LogP contribution is -1.73. The second-order valence-electron chi connectivity index (χ2n) is 1.38. The highest BCUT2D eigenvalue weighted by molar-refractivity contribution is 5.94. The summed E-state index contributed by atoms with van der Waals surface area (Å²) < 4.78 is 0. The molecule has 0 saturated carbocycles. The molecule has 0 atom stereocenters.